The number of carbonyl (C=O) groups is 1. The van der Waals surface area contributed by atoms with E-state index in [1.54, 1.807) is 0 Å². The van der Waals surface area contributed by atoms with Crippen molar-refractivity contribution in [2.75, 3.05) is 25.6 Å². The summed E-state index contributed by atoms with van der Waals surface area (Å²) >= 11 is 0. The van der Waals surface area contributed by atoms with Crippen LogP contribution in [0.5, 0.6) is 5.75 Å². The number of nitrogens with zero attached hydrogens (tertiary/aromatic N) is 1. The Hall–Kier alpha value is -2.56. The Labute approximate surface area is 168 Å². The monoisotopic (exact) mass is 423 g/mol. The third-order valence-corrected chi connectivity index (χ3v) is 5.99. The fraction of sp³-hybridized carbons (Fsp3) is 0.368. The molecule has 1 atom stereocenters. The standard InChI is InChI=1S/C19H22FN3O5S/c1-12-16(20)6-8-18(21-12)22-19(24)15-10-14(5-7-17(15)27-2)29(25,26)23-13-4-3-9-28-11-13/h5-8,10,13,23H,3-4,9,11H2,1-2H3,(H,21,22,24)/t13-/m0/s1. The van der Waals surface area contributed by atoms with Gasteiger partial charge in [0.15, 0.2) is 0 Å². The molecule has 0 aliphatic carbocycles. The molecule has 0 spiro atoms. The SMILES string of the molecule is COc1ccc(S(=O)(=O)N[C@H]2CCCOC2)cc1C(=O)Nc1ccc(F)c(C)n1. The minimum atomic E-state index is -3.86. The van der Waals surface area contributed by atoms with E-state index < -0.39 is 21.7 Å². The Morgan fingerprint density at radius 1 is 1.31 bits per heavy atom. The average Bonchev–Trinajstić information content (AvgIpc) is 2.70. The second kappa shape index (κ2) is 8.85. The van der Waals surface area contributed by atoms with E-state index in [1.807, 2.05) is 0 Å². The summed E-state index contributed by atoms with van der Waals surface area (Å²) in [4.78, 5) is 16.6. The van der Waals surface area contributed by atoms with E-state index in [0.717, 1.165) is 6.42 Å². The molecule has 1 aliphatic rings. The highest BCUT2D eigenvalue weighted by molar-refractivity contribution is 7.89. The number of sulfonamides is 1. The molecule has 0 saturated carbocycles. The lowest BCUT2D eigenvalue weighted by atomic mass is 10.1. The molecular formula is C19H22FN3O5S. The van der Waals surface area contributed by atoms with Gasteiger partial charge in [-0.05, 0) is 50.1 Å². The average molecular weight is 423 g/mol. The number of carbonyl (C=O) groups excluding carboxylic acids is 1. The van der Waals surface area contributed by atoms with Crippen molar-refractivity contribution < 1.29 is 27.1 Å². The number of methoxy groups -OCH3 is 1. The fourth-order valence-electron chi connectivity index (χ4n) is 2.95. The molecule has 2 heterocycles. The van der Waals surface area contributed by atoms with Crippen LogP contribution in [-0.4, -0.2) is 45.7 Å². The van der Waals surface area contributed by atoms with Gasteiger partial charge in [-0.25, -0.2) is 22.5 Å². The van der Waals surface area contributed by atoms with Gasteiger partial charge >= 0.3 is 0 Å². The topological polar surface area (TPSA) is 107 Å². The first-order valence-corrected chi connectivity index (χ1v) is 10.5. The number of amides is 1. The molecule has 156 valence electrons. The lowest BCUT2D eigenvalue weighted by Crippen LogP contribution is -2.40. The zero-order chi connectivity index (χ0) is 21.0. The highest BCUT2D eigenvalue weighted by atomic mass is 32.2. The number of aryl methyl sites for hydroxylation is 1. The molecule has 1 fully saturated rings. The van der Waals surface area contributed by atoms with Gasteiger partial charge in [0, 0.05) is 12.6 Å². The van der Waals surface area contributed by atoms with Crippen molar-refractivity contribution in [1.82, 2.24) is 9.71 Å². The van der Waals surface area contributed by atoms with Crippen molar-refractivity contribution in [3.63, 3.8) is 0 Å². The number of hydrogen-bond donors (Lipinski definition) is 2. The minimum absolute atomic E-state index is 0.0130. The molecule has 1 saturated heterocycles. The highest BCUT2D eigenvalue weighted by Gasteiger charge is 2.24. The number of aromatic nitrogens is 1. The third kappa shape index (κ3) is 5.08. The van der Waals surface area contributed by atoms with E-state index >= 15 is 0 Å². The van der Waals surface area contributed by atoms with Gasteiger partial charge in [-0.3, -0.25) is 4.79 Å². The second-order valence-electron chi connectivity index (χ2n) is 6.62. The quantitative estimate of drug-likeness (QED) is 0.738. The smallest absolute Gasteiger partial charge is 0.260 e. The van der Waals surface area contributed by atoms with Crippen molar-refractivity contribution in [2.45, 2.75) is 30.7 Å². The first kappa shape index (κ1) is 21.2. The van der Waals surface area contributed by atoms with Gasteiger partial charge in [0.2, 0.25) is 10.0 Å². The number of rotatable bonds is 6. The second-order valence-corrected chi connectivity index (χ2v) is 8.33. The summed E-state index contributed by atoms with van der Waals surface area (Å²) < 4.78 is 51.9. The van der Waals surface area contributed by atoms with Crippen molar-refractivity contribution >= 4 is 21.7 Å². The number of hydrogen-bond acceptors (Lipinski definition) is 6. The van der Waals surface area contributed by atoms with Gasteiger partial charge in [-0.1, -0.05) is 0 Å². The van der Waals surface area contributed by atoms with E-state index in [4.69, 9.17) is 9.47 Å². The predicted molar refractivity (Wildman–Crippen MR) is 104 cm³/mol. The maximum atomic E-state index is 13.4. The van der Waals surface area contributed by atoms with Crippen LogP contribution in [0.1, 0.15) is 28.9 Å². The Bertz CT molecular complexity index is 1010. The van der Waals surface area contributed by atoms with Crippen molar-refractivity contribution in [1.29, 1.82) is 0 Å². The number of ether oxygens (including phenoxy) is 2. The molecule has 1 aromatic heterocycles. The molecule has 1 aliphatic heterocycles. The highest BCUT2D eigenvalue weighted by Crippen LogP contribution is 2.24. The fourth-order valence-corrected chi connectivity index (χ4v) is 4.23. The molecule has 1 amide bonds. The van der Waals surface area contributed by atoms with E-state index in [9.17, 15) is 17.6 Å². The minimum Gasteiger partial charge on any atom is -0.496 e. The van der Waals surface area contributed by atoms with Crippen molar-refractivity contribution in [3.8, 4) is 5.75 Å². The van der Waals surface area contributed by atoms with Crippen LogP contribution in [0.2, 0.25) is 0 Å². The van der Waals surface area contributed by atoms with Crippen LogP contribution in [0.15, 0.2) is 35.2 Å². The summed E-state index contributed by atoms with van der Waals surface area (Å²) in [6.07, 6.45) is 1.45. The van der Waals surface area contributed by atoms with Crippen LogP contribution in [0.25, 0.3) is 0 Å². The van der Waals surface area contributed by atoms with Gasteiger partial charge in [0.05, 0.1) is 29.9 Å². The van der Waals surface area contributed by atoms with Crippen LogP contribution < -0.4 is 14.8 Å². The van der Waals surface area contributed by atoms with Crippen LogP contribution in [0, 0.1) is 12.7 Å². The number of nitrogens with one attached hydrogen (secondary N) is 2. The van der Waals surface area contributed by atoms with E-state index in [1.165, 1.54) is 44.4 Å². The van der Waals surface area contributed by atoms with Gasteiger partial charge < -0.3 is 14.8 Å². The van der Waals surface area contributed by atoms with Crippen LogP contribution in [-0.2, 0) is 14.8 Å². The number of anilines is 1. The van der Waals surface area contributed by atoms with E-state index in [-0.39, 0.29) is 33.8 Å². The summed E-state index contributed by atoms with van der Waals surface area (Å²) in [6, 6.07) is 6.19. The Kier molecular flexibility index (Phi) is 6.46. The van der Waals surface area contributed by atoms with Gasteiger partial charge in [-0.2, -0.15) is 0 Å². The van der Waals surface area contributed by atoms with Crippen LogP contribution >= 0.6 is 0 Å². The number of halogens is 1. The molecule has 29 heavy (non-hydrogen) atoms. The van der Waals surface area contributed by atoms with E-state index in [2.05, 4.69) is 15.0 Å². The zero-order valence-corrected chi connectivity index (χ0v) is 16.9. The lowest BCUT2D eigenvalue weighted by molar-refractivity contribution is 0.0774. The Morgan fingerprint density at radius 3 is 2.76 bits per heavy atom. The molecule has 1 aromatic carbocycles. The lowest BCUT2D eigenvalue weighted by Gasteiger charge is -2.23. The summed E-state index contributed by atoms with van der Waals surface area (Å²) in [5.41, 5.74) is 0.143. The molecule has 10 heteroatoms. The number of pyridine rings is 1. The predicted octanol–water partition coefficient (Wildman–Crippen LogP) is 2.25. The zero-order valence-electron chi connectivity index (χ0n) is 16.1. The summed E-state index contributed by atoms with van der Waals surface area (Å²) in [5.74, 6) is -0.784. The molecule has 0 bridgehead atoms. The largest absolute Gasteiger partial charge is 0.496 e. The van der Waals surface area contributed by atoms with Gasteiger partial charge in [0.25, 0.3) is 5.91 Å². The molecule has 2 aromatic rings. The molecule has 0 radical (unpaired) electrons. The van der Waals surface area contributed by atoms with Gasteiger partial charge in [-0.15, -0.1) is 0 Å². The third-order valence-electron chi connectivity index (χ3n) is 4.47. The first-order chi connectivity index (χ1) is 13.8. The number of benzene rings is 1. The van der Waals surface area contributed by atoms with E-state index in [0.29, 0.717) is 19.6 Å². The van der Waals surface area contributed by atoms with Crippen molar-refractivity contribution in [2.24, 2.45) is 0 Å². The Balaban J connectivity index is 1.85. The summed E-state index contributed by atoms with van der Waals surface area (Å²) in [6.45, 7) is 2.39. The van der Waals surface area contributed by atoms with Crippen LogP contribution in [0.3, 0.4) is 0 Å². The van der Waals surface area contributed by atoms with Crippen molar-refractivity contribution in [3.05, 3.63) is 47.4 Å². The molecular weight excluding hydrogens is 401 g/mol. The normalized spacial score (nSPS) is 17.0. The molecule has 2 N–H and O–H groups in total. The summed E-state index contributed by atoms with van der Waals surface area (Å²) in [5, 5.41) is 2.53. The molecule has 3 rings (SSSR count). The Morgan fingerprint density at radius 2 is 2.10 bits per heavy atom. The molecule has 8 nitrogen and oxygen atoms in total. The summed E-state index contributed by atoms with van der Waals surface area (Å²) in [7, 11) is -2.48. The van der Waals surface area contributed by atoms with Gasteiger partial charge in [0.1, 0.15) is 17.4 Å². The first-order valence-electron chi connectivity index (χ1n) is 9.03. The van der Waals surface area contributed by atoms with Crippen LogP contribution in [0.4, 0.5) is 10.2 Å². The maximum absolute atomic E-state index is 13.4. The molecule has 0 unspecified atom stereocenters. The maximum Gasteiger partial charge on any atom is 0.260 e.